The molecule has 3 heteroatoms. The second kappa shape index (κ2) is 5.48. The number of nitrogens with two attached hydrogens (primary N) is 1. The minimum absolute atomic E-state index is 0.266. The average molecular weight is 271 g/mol. The smallest absolute Gasteiger partial charge is 0.142 e. The summed E-state index contributed by atoms with van der Waals surface area (Å²) in [7, 11) is 0. The highest BCUT2D eigenvalue weighted by atomic mass is 14.8. The normalized spacial score (nSPS) is 10.0. The Morgan fingerprint density at radius 2 is 1.38 bits per heavy atom. The molecule has 0 aliphatic rings. The predicted octanol–water partition coefficient (Wildman–Crippen LogP) is 3.87. The third-order valence-electron chi connectivity index (χ3n) is 3.33. The van der Waals surface area contributed by atoms with Gasteiger partial charge in [-0.2, -0.15) is 5.26 Å². The van der Waals surface area contributed by atoms with Crippen molar-refractivity contribution < 1.29 is 0 Å². The molecule has 100 valence electrons. The summed E-state index contributed by atoms with van der Waals surface area (Å²) in [5.74, 6) is 0.266. The molecule has 0 saturated carbocycles. The van der Waals surface area contributed by atoms with Gasteiger partial charge in [-0.05, 0) is 23.3 Å². The molecule has 0 fully saturated rings. The van der Waals surface area contributed by atoms with Crippen LogP contribution in [0.4, 0.5) is 5.82 Å². The average Bonchev–Trinajstić information content (AvgIpc) is 2.56. The van der Waals surface area contributed by atoms with E-state index in [0.717, 1.165) is 16.8 Å². The third-order valence-corrected chi connectivity index (χ3v) is 3.33. The number of pyridine rings is 1. The van der Waals surface area contributed by atoms with Gasteiger partial charge >= 0.3 is 0 Å². The molecule has 0 atom stereocenters. The number of hydrogen-bond donors (Lipinski definition) is 1. The molecule has 1 aromatic heterocycles. The molecule has 2 aromatic carbocycles. The fourth-order valence-electron chi connectivity index (χ4n) is 2.19. The Balaban J connectivity index is 1.95. The largest absolute Gasteiger partial charge is 0.383 e. The van der Waals surface area contributed by atoms with E-state index in [1.807, 2.05) is 42.5 Å². The highest BCUT2D eigenvalue weighted by molar-refractivity contribution is 5.70. The van der Waals surface area contributed by atoms with E-state index in [4.69, 9.17) is 11.0 Å². The summed E-state index contributed by atoms with van der Waals surface area (Å²) < 4.78 is 0. The molecule has 0 saturated heterocycles. The fraction of sp³-hybridized carbons (Fsp3) is 0. The Labute approximate surface area is 123 Å². The van der Waals surface area contributed by atoms with Crippen LogP contribution in [0.5, 0.6) is 0 Å². The van der Waals surface area contributed by atoms with Crippen molar-refractivity contribution in [3.8, 4) is 28.5 Å². The summed E-state index contributed by atoms with van der Waals surface area (Å²) in [6, 6.07) is 23.9. The van der Waals surface area contributed by atoms with Gasteiger partial charge in [-0.15, -0.1) is 0 Å². The summed E-state index contributed by atoms with van der Waals surface area (Å²) in [5.41, 5.74) is 10.2. The van der Waals surface area contributed by atoms with Crippen LogP contribution in [0.2, 0.25) is 0 Å². The highest BCUT2D eigenvalue weighted by Gasteiger charge is 2.04. The van der Waals surface area contributed by atoms with Crippen LogP contribution in [0.1, 0.15) is 5.56 Å². The number of hydrogen-bond acceptors (Lipinski definition) is 3. The van der Waals surface area contributed by atoms with Crippen LogP contribution in [0.3, 0.4) is 0 Å². The van der Waals surface area contributed by atoms with E-state index in [-0.39, 0.29) is 5.82 Å². The van der Waals surface area contributed by atoms with Crippen molar-refractivity contribution in [3.63, 3.8) is 0 Å². The quantitative estimate of drug-likeness (QED) is 0.769. The zero-order valence-corrected chi connectivity index (χ0v) is 11.3. The molecule has 2 N–H and O–H groups in total. The number of rotatable bonds is 2. The van der Waals surface area contributed by atoms with Crippen molar-refractivity contribution in [2.45, 2.75) is 0 Å². The molecule has 0 spiro atoms. The number of nitrogens with zero attached hydrogens (tertiary/aromatic N) is 2. The number of aromatic nitrogens is 1. The van der Waals surface area contributed by atoms with Gasteiger partial charge in [0.05, 0.1) is 11.3 Å². The minimum atomic E-state index is 0.266. The number of nitriles is 1. The first-order valence-electron chi connectivity index (χ1n) is 6.60. The molecule has 0 amide bonds. The van der Waals surface area contributed by atoms with Gasteiger partial charge in [0, 0.05) is 5.56 Å². The van der Waals surface area contributed by atoms with Crippen LogP contribution in [0.15, 0.2) is 66.7 Å². The molecule has 3 nitrogen and oxygen atoms in total. The van der Waals surface area contributed by atoms with Crippen LogP contribution >= 0.6 is 0 Å². The van der Waals surface area contributed by atoms with Gasteiger partial charge in [-0.1, -0.05) is 54.6 Å². The minimum Gasteiger partial charge on any atom is -0.383 e. The van der Waals surface area contributed by atoms with Gasteiger partial charge in [0.1, 0.15) is 11.9 Å². The van der Waals surface area contributed by atoms with Crippen LogP contribution in [-0.2, 0) is 0 Å². The van der Waals surface area contributed by atoms with Crippen molar-refractivity contribution in [1.29, 1.82) is 5.26 Å². The molecular weight excluding hydrogens is 258 g/mol. The standard InChI is InChI=1S/C18H13N3/c19-12-16-10-11-17(21-18(16)20)15-8-6-14(7-9-15)13-4-2-1-3-5-13/h1-11H,(H2,20,21). The Morgan fingerprint density at radius 1 is 0.762 bits per heavy atom. The Bertz CT molecular complexity index is 800. The van der Waals surface area contributed by atoms with E-state index in [1.54, 1.807) is 6.07 Å². The van der Waals surface area contributed by atoms with Crippen molar-refractivity contribution in [2.24, 2.45) is 0 Å². The number of nitrogen functional groups attached to an aromatic ring is 1. The lowest BCUT2D eigenvalue weighted by atomic mass is 10.0. The maximum Gasteiger partial charge on any atom is 0.142 e. The van der Waals surface area contributed by atoms with E-state index in [9.17, 15) is 0 Å². The Morgan fingerprint density at radius 3 is 2.00 bits per heavy atom. The Kier molecular flexibility index (Phi) is 3.36. The number of anilines is 1. The second-order valence-electron chi connectivity index (χ2n) is 4.68. The summed E-state index contributed by atoms with van der Waals surface area (Å²) >= 11 is 0. The summed E-state index contributed by atoms with van der Waals surface area (Å²) in [4.78, 5) is 4.27. The van der Waals surface area contributed by atoms with E-state index in [0.29, 0.717) is 5.56 Å². The van der Waals surface area contributed by atoms with Crippen LogP contribution < -0.4 is 5.73 Å². The van der Waals surface area contributed by atoms with Crippen LogP contribution in [0, 0.1) is 11.3 Å². The Hall–Kier alpha value is -3.12. The van der Waals surface area contributed by atoms with Gasteiger partial charge in [-0.3, -0.25) is 0 Å². The lowest BCUT2D eigenvalue weighted by Crippen LogP contribution is -1.96. The van der Waals surface area contributed by atoms with E-state index in [2.05, 4.69) is 29.2 Å². The molecule has 0 radical (unpaired) electrons. The molecule has 3 rings (SSSR count). The predicted molar refractivity (Wildman–Crippen MR) is 84.2 cm³/mol. The summed E-state index contributed by atoms with van der Waals surface area (Å²) in [6.45, 7) is 0. The van der Waals surface area contributed by atoms with Gasteiger partial charge < -0.3 is 5.73 Å². The van der Waals surface area contributed by atoms with Crippen LogP contribution in [0.25, 0.3) is 22.4 Å². The van der Waals surface area contributed by atoms with Crippen molar-refractivity contribution >= 4 is 5.82 Å². The zero-order chi connectivity index (χ0) is 14.7. The first-order valence-corrected chi connectivity index (χ1v) is 6.60. The molecule has 1 heterocycles. The first kappa shape index (κ1) is 12.9. The van der Waals surface area contributed by atoms with Gasteiger partial charge in [0.25, 0.3) is 0 Å². The molecule has 0 aliphatic heterocycles. The molecule has 3 aromatic rings. The van der Waals surface area contributed by atoms with E-state index >= 15 is 0 Å². The summed E-state index contributed by atoms with van der Waals surface area (Å²) in [5, 5.41) is 8.87. The lowest BCUT2D eigenvalue weighted by molar-refractivity contribution is 1.31. The van der Waals surface area contributed by atoms with Crippen molar-refractivity contribution in [3.05, 3.63) is 72.3 Å². The van der Waals surface area contributed by atoms with Gasteiger partial charge in [0.2, 0.25) is 0 Å². The first-order chi connectivity index (χ1) is 10.3. The van der Waals surface area contributed by atoms with Crippen LogP contribution in [-0.4, -0.2) is 4.98 Å². The lowest BCUT2D eigenvalue weighted by Gasteiger charge is -2.05. The topological polar surface area (TPSA) is 62.7 Å². The molecule has 21 heavy (non-hydrogen) atoms. The maximum atomic E-state index is 8.87. The molecule has 0 aliphatic carbocycles. The van der Waals surface area contributed by atoms with E-state index < -0.39 is 0 Å². The maximum absolute atomic E-state index is 8.87. The third kappa shape index (κ3) is 2.60. The SMILES string of the molecule is N#Cc1ccc(-c2ccc(-c3ccccc3)cc2)nc1N. The van der Waals surface area contributed by atoms with E-state index in [1.165, 1.54) is 5.56 Å². The molecule has 0 bridgehead atoms. The summed E-state index contributed by atoms with van der Waals surface area (Å²) in [6.07, 6.45) is 0. The highest BCUT2D eigenvalue weighted by Crippen LogP contribution is 2.24. The number of benzene rings is 2. The van der Waals surface area contributed by atoms with Gasteiger partial charge in [0.15, 0.2) is 0 Å². The zero-order valence-electron chi connectivity index (χ0n) is 11.3. The molecule has 0 unspecified atom stereocenters. The molecular formula is C18H13N3. The van der Waals surface area contributed by atoms with Gasteiger partial charge in [-0.25, -0.2) is 4.98 Å². The van der Waals surface area contributed by atoms with Crippen molar-refractivity contribution in [2.75, 3.05) is 5.73 Å². The second-order valence-corrected chi connectivity index (χ2v) is 4.68. The van der Waals surface area contributed by atoms with Crippen molar-refractivity contribution in [1.82, 2.24) is 4.98 Å². The monoisotopic (exact) mass is 271 g/mol. The fourth-order valence-corrected chi connectivity index (χ4v) is 2.19.